The first-order valence-corrected chi connectivity index (χ1v) is 7.58. The van der Waals surface area contributed by atoms with Gasteiger partial charge in [0, 0.05) is 18.0 Å². The number of nitrogens with one attached hydrogen (secondary N) is 1. The quantitative estimate of drug-likeness (QED) is 0.897. The van der Waals surface area contributed by atoms with E-state index in [2.05, 4.69) is 10.3 Å². The van der Waals surface area contributed by atoms with E-state index in [0.717, 1.165) is 23.4 Å². The van der Waals surface area contributed by atoms with Gasteiger partial charge in [-0.3, -0.25) is 10.1 Å². The highest BCUT2D eigenvalue weighted by Crippen LogP contribution is 2.23. The average molecular weight is 297 g/mol. The molecule has 0 spiro atoms. The number of nitrogens with zero attached hydrogens (tertiary/aromatic N) is 2. The van der Waals surface area contributed by atoms with Gasteiger partial charge in [-0.1, -0.05) is 6.92 Å². The number of amides is 2. The first kappa shape index (κ1) is 14.8. The highest BCUT2D eigenvalue weighted by molar-refractivity contribution is 7.15. The lowest BCUT2D eigenvalue weighted by molar-refractivity contribution is -0.143. The van der Waals surface area contributed by atoms with Crippen molar-refractivity contribution < 1.29 is 14.7 Å². The topological polar surface area (TPSA) is 82.5 Å². The molecule has 1 aromatic rings. The Balaban J connectivity index is 1.98. The molecule has 0 saturated carbocycles. The summed E-state index contributed by atoms with van der Waals surface area (Å²) in [5.74, 6) is -1.29. The van der Waals surface area contributed by atoms with Gasteiger partial charge in [-0.15, -0.1) is 11.3 Å². The molecule has 2 N–H and O–H groups in total. The summed E-state index contributed by atoms with van der Waals surface area (Å²) in [6, 6.07) is -0.257. The van der Waals surface area contributed by atoms with Crippen LogP contribution in [0.25, 0.3) is 0 Å². The number of aromatic nitrogens is 1. The Morgan fingerprint density at radius 3 is 2.90 bits per heavy atom. The Morgan fingerprint density at radius 1 is 1.55 bits per heavy atom. The van der Waals surface area contributed by atoms with Gasteiger partial charge in [-0.2, -0.15) is 0 Å². The summed E-state index contributed by atoms with van der Waals surface area (Å²) in [5, 5.41) is 12.4. The SMILES string of the molecule is CCc1nc(NC(=O)N2CCC[C@@H](C(=O)O)C2)sc1C. The normalized spacial score (nSPS) is 18.9. The van der Waals surface area contributed by atoms with E-state index >= 15 is 0 Å². The lowest BCUT2D eigenvalue weighted by atomic mass is 9.99. The molecule has 20 heavy (non-hydrogen) atoms. The Kier molecular flexibility index (Phi) is 4.59. The Bertz CT molecular complexity index is 515. The summed E-state index contributed by atoms with van der Waals surface area (Å²) in [4.78, 5) is 30.2. The summed E-state index contributed by atoms with van der Waals surface area (Å²) in [6.07, 6.45) is 2.19. The van der Waals surface area contributed by atoms with E-state index in [4.69, 9.17) is 5.11 Å². The number of carboxylic acids is 1. The summed E-state index contributed by atoms with van der Waals surface area (Å²) in [7, 11) is 0. The molecular formula is C13H19N3O3S. The number of hydrogen-bond acceptors (Lipinski definition) is 4. The zero-order valence-corrected chi connectivity index (χ0v) is 12.5. The number of aliphatic carboxylic acids is 1. The van der Waals surface area contributed by atoms with Gasteiger partial charge in [0.25, 0.3) is 0 Å². The number of likely N-dealkylation sites (tertiary alicyclic amines) is 1. The molecule has 0 aliphatic carbocycles. The van der Waals surface area contributed by atoms with Crippen molar-refractivity contribution in [1.82, 2.24) is 9.88 Å². The maximum Gasteiger partial charge on any atom is 0.323 e. The molecule has 110 valence electrons. The van der Waals surface area contributed by atoms with Crippen LogP contribution in [0.3, 0.4) is 0 Å². The Hall–Kier alpha value is -1.63. The average Bonchev–Trinajstić information content (AvgIpc) is 2.78. The van der Waals surface area contributed by atoms with E-state index in [1.165, 1.54) is 11.3 Å². The van der Waals surface area contributed by atoms with Crippen LogP contribution in [0.15, 0.2) is 0 Å². The fourth-order valence-electron chi connectivity index (χ4n) is 2.34. The number of rotatable bonds is 3. The van der Waals surface area contributed by atoms with Crippen LogP contribution in [0, 0.1) is 12.8 Å². The fourth-order valence-corrected chi connectivity index (χ4v) is 3.24. The van der Waals surface area contributed by atoms with Crippen LogP contribution >= 0.6 is 11.3 Å². The zero-order valence-electron chi connectivity index (χ0n) is 11.7. The molecule has 1 fully saturated rings. The van der Waals surface area contributed by atoms with Crippen molar-refractivity contribution in [2.24, 2.45) is 5.92 Å². The smallest absolute Gasteiger partial charge is 0.323 e. The standard InChI is InChI=1S/C13H19N3O3S/c1-3-10-8(2)20-12(14-10)15-13(19)16-6-4-5-9(7-16)11(17)18/h9H,3-7H2,1-2H3,(H,17,18)(H,14,15,19)/t9-/m1/s1. The number of hydrogen-bond donors (Lipinski definition) is 2. The fraction of sp³-hybridized carbons (Fsp3) is 0.615. The van der Waals surface area contributed by atoms with Crippen LogP contribution in [-0.2, 0) is 11.2 Å². The third-order valence-electron chi connectivity index (χ3n) is 3.50. The minimum atomic E-state index is -0.833. The molecule has 0 aromatic carbocycles. The Labute approximate surface area is 121 Å². The number of piperidine rings is 1. The lowest BCUT2D eigenvalue weighted by Gasteiger charge is -2.30. The van der Waals surface area contributed by atoms with Crippen LogP contribution in [0.2, 0.25) is 0 Å². The minimum absolute atomic E-state index is 0.257. The van der Waals surface area contributed by atoms with Crippen molar-refractivity contribution in [3.05, 3.63) is 10.6 Å². The molecule has 1 aliphatic heterocycles. The lowest BCUT2D eigenvalue weighted by Crippen LogP contribution is -2.44. The molecule has 1 aromatic heterocycles. The number of thiazole rings is 1. The molecule has 0 unspecified atom stereocenters. The third-order valence-corrected chi connectivity index (χ3v) is 4.43. The maximum absolute atomic E-state index is 12.1. The van der Waals surface area contributed by atoms with Crippen LogP contribution in [0.4, 0.5) is 9.93 Å². The van der Waals surface area contributed by atoms with E-state index in [9.17, 15) is 9.59 Å². The molecule has 2 amide bonds. The van der Waals surface area contributed by atoms with Crippen LogP contribution < -0.4 is 5.32 Å². The van der Waals surface area contributed by atoms with Gasteiger partial charge in [-0.25, -0.2) is 9.78 Å². The number of carboxylic acid groups (broad SMARTS) is 1. The highest BCUT2D eigenvalue weighted by atomic mass is 32.1. The number of urea groups is 1. The minimum Gasteiger partial charge on any atom is -0.481 e. The van der Waals surface area contributed by atoms with Gasteiger partial charge in [0.15, 0.2) is 5.13 Å². The number of carbonyl (C=O) groups excluding carboxylic acids is 1. The second-order valence-corrected chi connectivity index (χ2v) is 6.13. The van der Waals surface area contributed by atoms with Crippen LogP contribution in [-0.4, -0.2) is 40.1 Å². The van der Waals surface area contributed by atoms with Crippen molar-refractivity contribution in [2.45, 2.75) is 33.1 Å². The molecule has 2 heterocycles. The molecule has 6 nitrogen and oxygen atoms in total. The molecular weight excluding hydrogens is 278 g/mol. The number of anilines is 1. The van der Waals surface area contributed by atoms with Crippen molar-refractivity contribution in [3.8, 4) is 0 Å². The van der Waals surface area contributed by atoms with E-state index < -0.39 is 11.9 Å². The maximum atomic E-state index is 12.1. The molecule has 0 bridgehead atoms. The van der Waals surface area contributed by atoms with Gasteiger partial charge >= 0.3 is 12.0 Å². The van der Waals surface area contributed by atoms with E-state index in [0.29, 0.717) is 18.1 Å². The molecule has 1 atom stereocenters. The van der Waals surface area contributed by atoms with Gasteiger partial charge < -0.3 is 10.0 Å². The van der Waals surface area contributed by atoms with Crippen molar-refractivity contribution >= 4 is 28.5 Å². The van der Waals surface area contributed by atoms with Gasteiger partial charge in [0.1, 0.15) is 0 Å². The van der Waals surface area contributed by atoms with Crippen molar-refractivity contribution in [2.75, 3.05) is 18.4 Å². The van der Waals surface area contributed by atoms with Gasteiger partial charge in [-0.05, 0) is 26.2 Å². The molecule has 2 rings (SSSR count). The summed E-state index contributed by atoms with van der Waals surface area (Å²) < 4.78 is 0. The van der Waals surface area contributed by atoms with Crippen LogP contribution in [0.5, 0.6) is 0 Å². The van der Waals surface area contributed by atoms with Gasteiger partial charge in [0.2, 0.25) is 0 Å². The highest BCUT2D eigenvalue weighted by Gasteiger charge is 2.28. The zero-order chi connectivity index (χ0) is 14.7. The summed E-state index contributed by atoms with van der Waals surface area (Å²) in [5.41, 5.74) is 0.993. The second-order valence-electron chi connectivity index (χ2n) is 4.93. The number of carbonyl (C=O) groups is 2. The van der Waals surface area contributed by atoms with E-state index in [1.807, 2.05) is 13.8 Å². The monoisotopic (exact) mass is 297 g/mol. The summed E-state index contributed by atoms with van der Waals surface area (Å²) in [6.45, 7) is 4.87. The predicted octanol–water partition coefficient (Wildman–Crippen LogP) is 2.34. The van der Waals surface area contributed by atoms with Crippen molar-refractivity contribution in [1.29, 1.82) is 0 Å². The molecule has 1 saturated heterocycles. The molecule has 1 aliphatic rings. The molecule has 7 heteroatoms. The molecule has 0 radical (unpaired) electrons. The van der Waals surface area contributed by atoms with Crippen LogP contribution in [0.1, 0.15) is 30.3 Å². The van der Waals surface area contributed by atoms with Gasteiger partial charge in [0.05, 0.1) is 11.6 Å². The Morgan fingerprint density at radius 2 is 2.30 bits per heavy atom. The van der Waals surface area contributed by atoms with E-state index in [-0.39, 0.29) is 12.6 Å². The first-order chi connectivity index (χ1) is 9.51. The largest absolute Gasteiger partial charge is 0.481 e. The van der Waals surface area contributed by atoms with Crippen molar-refractivity contribution in [3.63, 3.8) is 0 Å². The number of aryl methyl sites for hydroxylation is 2. The second kappa shape index (κ2) is 6.21. The predicted molar refractivity (Wildman–Crippen MR) is 77.2 cm³/mol. The summed E-state index contributed by atoms with van der Waals surface area (Å²) >= 11 is 1.45. The third kappa shape index (κ3) is 3.27. The van der Waals surface area contributed by atoms with E-state index in [1.54, 1.807) is 4.90 Å². The first-order valence-electron chi connectivity index (χ1n) is 6.76.